The molecule has 1 aromatic carbocycles. The van der Waals surface area contributed by atoms with Crippen molar-refractivity contribution in [3.63, 3.8) is 0 Å². The molecule has 1 aliphatic heterocycles. The predicted octanol–water partition coefficient (Wildman–Crippen LogP) is 4.37. The number of benzene rings is 1. The van der Waals surface area contributed by atoms with Crippen molar-refractivity contribution in [2.45, 2.75) is 25.8 Å². The van der Waals surface area contributed by atoms with Gasteiger partial charge in [-0.1, -0.05) is 31.2 Å². The van der Waals surface area contributed by atoms with Crippen LogP contribution in [0.2, 0.25) is 0 Å². The summed E-state index contributed by atoms with van der Waals surface area (Å²) in [7, 11) is 0. The zero-order chi connectivity index (χ0) is 16.1. The molecule has 3 rings (SSSR count). The Bertz CT molecular complexity index is 610. The minimum atomic E-state index is 0. The number of hydrogen-bond donors (Lipinski definition) is 1. The van der Waals surface area contributed by atoms with Crippen LogP contribution in [-0.4, -0.2) is 30.4 Å². The van der Waals surface area contributed by atoms with Gasteiger partial charge in [-0.05, 0) is 55.4 Å². The van der Waals surface area contributed by atoms with E-state index in [4.69, 9.17) is 0 Å². The van der Waals surface area contributed by atoms with Crippen LogP contribution in [0.5, 0.6) is 0 Å². The Morgan fingerprint density at radius 3 is 2.54 bits per heavy atom. The second kappa shape index (κ2) is 9.21. The Labute approximate surface area is 154 Å². The Morgan fingerprint density at radius 1 is 1.21 bits per heavy atom. The number of hydrogen-bond acceptors (Lipinski definition) is 3. The summed E-state index contributed by atoms with van der Waals surface area (Å²) in [6.07, 6.45) is 2.49. The van der Waals surface area contributed by atoms with Gasteiger partial charge in [-0.2, -0.15) is 0 Å². The highest BCUT2D eigenvalue weighted by Crippen LogP contribution is 2.29. The average Bonchev–Trinajstić information content (AvgIpc) is 3.11. The molecule has 0 bridgehead atoms. The molecule has 0 aliphatic carbocycles. The van der Waals surface area contributed by atoms with Gasteiger partial charge in [-0.15, -0.1) is 23.7 Å². The lowest BCUT2D eigenvalue weighted by Gasteiger charge is -2.36. The minimum Gasteiger partial charge on any atom is -0.350 e. The van der Waals surface area contributed by atoms with Gasteiger partial charge in [0.15, 0.2) is 0 Å². The van der Waals surface area contributed by atoms with Gasteiger partial charge < -0.3 is 5.32 Å². The highest BCUT2D eigenvalue weighted by atomic mass is 35.5. The van der Waals surface area contributed by atoms with Crippen LogP contribution < -0.4 is 5.32 Å². The van der Waals surface area contributed by atoms with E-state index in [1.165, 1.54) is 17.7 Å². The summed E-state index contributed by atoms with van der Waals surface area (Å²) in [5.74, 6) is 0.826. The van der Waals surface area contributed by atoms with Crippen LogP contribution in [0.4, 0.5) is 0 Å². The number of carbonyl (C=O) groups is 1. The van der Waals surface area contributed by atoms with E-state index in [0.717, 1.165) is 24.6 Å². The number of halogens is 1. The molecule has 0 spiro atoms. The zero-order valence-electron chi connectivity index (χ0n) is 14.0. The minimum absolute atomic E-state index is 0. The highest BCUT2D eigenvalue weighted by molar-refractivity contribution is 7.10. The maximum Gasteiger partial charge on any atom is 0.251 e. The van der Waals surface area contributed by atoms with Crippen molar-refractivity contribution in [3.05, 3.63) is 58.3 Å². The summed E-state index contributed by atoms with van der Waals surface area (Å²) < 4.78 is 0. The third-order valence-corrected chi connectivity index (χ3v) is 5.60. The maximum absolute atomic E-state index is 12.3. The molecule has 1 N–H and O–H groups in total. The molecule has 1 fully saturated rings. The lowest BCUT2D eigenvalue weighted by molar-refractivity contribution is 0.0915. The number of amides is 1. The smallest absolute Gasteiger partial charge is 0.251 e. The van der Waals surface area contributed by atoms with Gasteiger partial charge in [0.1, 0.15) is 0 Å². The van der Waals surface area contributed by atoms with E-state index in [1.807, 2.05) is 30.3 Å². The van der Waals surface area contributed by atoms with Crippen molar-refractivity contribution in [3.8, 4) is 0 Å². The van der Waals surface area contributed by atoms with Gasteiger partial charge in [0, 0.05) is 17.0 Å². The van der Waals surface area contributed by atoms with Crippen LogP contribution in [0, 0.1) is 5.92 Å². The molecule has 0 saturated carbocycles. The van der Waals surface area contributed by atoms with Gasteiger partial charge in [0.05, 0.1) is 6.04 Å². The first-order chi connectivity index (χ1) is 11.2. The van der Waals surface area contributed by atoms with Gasteiger partial charge in [0.25, 0.3) is 5.91 Å². The third kappa shape index (κ3) is 4.82. The fourth-order valence-electron chi connectivity index (χ4n) is 3.11. The molecular formula is C19H25ClN2OS. The summed E-state index contributed by atoms with van der Waals surface area (Å²) in [6.45, 7) is 5.23. The van der Waals surface area contributed by atoms with E-state index in [2.05, 4.69) is 34.7 Å². The second-order valence-corrected chi connectivity index (χ2v) is 7.31. The first-order valence-electron chi connectivity index (χ1n) is 8.34. The van der Waals surface area contributed by atoms with E-state index in [1.54, 1.807) is 11.3 Å². The first kappa shape index (κ1) is 19.0. The van der Waals surface area contributed by atoms with E-state index in [9.17, 15) is 4.79 Å². The number of rotatable bonds is 5. The van der Waals surface area contributed by atoms with Crippen LogP contribution in [0.3, 0.4) is 0 Å². The van der Waals surface area contributed by atoms with Gasteiger partial charge in [-0.3, -0.25) is 9.69 Å². The number of carbonyl (C=O) groups excluding carboxylic acids is 1. The molecule has 1 unspecified atom stereocenters. The summed E-state index contributed by atoms with van der Waals surface area (Å²) in [6, 6.07) is 14.0. The molecule has 1 aromatic heterocycles. The molecule has 2 aromatic rings. The molecular weight excluding hydrogens is 340 g/mol. The van der Waals surface area contributed by atoms with E-state index in [-0.39, 0.29) is 24.4 Å². The van der Waals surface area contributed by atoms with Crippen molar-refractivity contribution in [1.29, 1.82) is 0 Å². The van der Waals surface area contributed by atoms with Crippen molar-refractivity contribution in [2.24, 2.45) is 5.92 Å². The lowest BCUT2D eigenvalue weighted by atomic mass is 9.97. The van der Waals surface area contributed by atoms with E-state index >= 15 is 0 Å². The topological polar surface area (TPSA) is 32.3 Å². The molecule has 0 radical (unpaired) electrons. The molecule has 2 heterocycles. The standard InChI is InChI=1S/C19H24N2OS.ClH/c1-15-9-11-21(12-10-15)17(18-8-5-13-23-18)14-20-19(22)16-6-3-2-4-7-16;/h2-8,13,15,17H,9-12,14H2,1H3,(H,20,22);1H. The van der Waals surface area contributed by atoms with Crippen molar-refractivity contribution in [2.75, 3.05) is 19.6 Å². The normalized spacial score (nSPS) is 17.0. The summed E-state index contributed by atoms with van der Waals surface area (Å²) in [5.41, 5.74) is 0.727. The number of nitrogens with one attached hydrogen (secondary N) is 1. The summed E-state index contributed by atoms with van der Waals surface area (Å²) in [4.78, 5) is 16.2. The maximum atomic E-state index is 12.3. The first-order valence-corrected chi connectivity index (χ1v) is 9.22. The van der Waals surface area contributed by atoms with E-state index < -0.39 is 0 Å². The predicted molar refractivity (Wildman–Crippen MR) is 103 cm³/mol. The molecule has 24 heavy (non-hydrogen) atoms. The Kier molecular flexibility index (Phi) is 7.28. The quantitative estimate of drug-likeness (QED) is 0.854. The Hall–Kier alpha value is -1.36. The molecule has 1 aliphatic rings. The van der Waals surface area contributed by atoms with Gasteiger partial charge in [0.2, 0.25) is 0 Å². The van der Waals surface area contributed by atoms with Crippen molar-refractivity contribution < 1.29 is 4.79 Å². The fourth-order valence-corrected chi connectivity index (χ4v) is 3.97. The molecule has 1 amide bonds. The van der Waals surface area contributed by atoms with E-state index in [0.29, 0.717) is 6.54 Å². The van der Waals surface area contributed by atoms with Crippen molar-refractivity contribution in [1.82, 2.24) is 10.2 Å². The highest BCUT2D eigenvalue weighted by Gasteiger charge is 2.25. The lowest BCUT2D eigenvalue weighted by Crippen LogP contribution is -2.41. The number of nitrogens with zero attached hydrogens (tertiary/aromatic N) is 1. The Balaban J connectivity index is 0.00000208. The average molecular weight is 365 g/mol. The van der Waals surface area contributed by atoms with Crippen LogP contribution >= 0.6 is 23.7 Å². The molecule has 1 saturated heterocycles. The van der Waals surface area contributed by atoms with Crippen LogP contribution in [0.1, 0.15) is 41.0 Å². The summed E-state index contributed by atoms with van der Waals surface area (Å²) in [5, 5.41) is 5.24. The largest absolute Gasteiger partial charge is 0.350 e. The van der Waals surface area contributed by atoms with Crippen LogP contribution in [0.25, 0.3) is 0 Å². The van der Waals surface area contributed by atoms with Gasteiger partial charge >= 0.3 is 0 Å². The SMILES string of the molecule is CC1CCN(C(CNC(=O)c2ccccc2)c2cccs2)CC1.Cl. The molecule has 130 valence electrons. The third-order valence-electron chi connectivity index (χ3n) is 4.62. The van der Waals surface area contributed by atoms with Gasteiger partial charge in [-0.25, -0.2) is 0 Å². The molecule has 5 heteroatoms. The molecule has 1 atom stereocenters. The Morgan fingerprint density at radius 2 is 1.92 bits per heavy atom. The summed E-state index contributed by atoms with van der Waals surface area (Å²) >= 11 is 1.78. The second-order valence-electron chi connectivity index (χ2n) is 6.33. The zero-order valence-corrected chi connectivity index (χ0v) is 15.6. The molecule has 3 nitrogen and oxygen atoms in total. The van der Waals surface area contributed by atoms with Crippen LogP contribution in [0.15, 0.2) is 47.8 Å². The number of likely N-dealkylation sites (tertiary alicyclic amines) is 1. The monoisotopic (exact) mass is 364 g/mol. The number of thiophene rings is 1. The fraction of sp³-hybridized carbons (Fsp3) is 0.421. The number of piperidine rings is 1. The van der Waals surface area contributed by atoms with Crippen LogP contribution in [-0.2, 0) is 0 Å². The van der Waals surface area contributed by atoms with Crippen molar-refractivity contribution >= 4 is 29.7 Å².